The van der Waals surface area contributed by atoms with E-state index in [0.29, 0.717) is 13.1 Å². The Morgan fingerprint density at radius 3 is 3.12 bits per heavy atom. The molecule has 0 aliphatic rings. The molecule has 1 unspecified atom stereocenters. The molecule has 0 bridgehead atoms. The van der Waals surface area contributed by atoms with Crippen LogP contribution in [0.15, 0.2) is 25.0 Å². The predicted molar refractivity (Wildman–Crippen MR) is 62.8 cm³/mol. The van der Waals surface area contributed by atoms with Gasteiger partial charge in [0, 0.05) is 18.9 Å². The maximum absolute atomic E-state index is 11.5. The lowest BCUT2D eigenvalue weighted by Gasteiger charge is -2.14. The van der Waals surface area contributed by atoms with Crippen molar-refractivity contribution in [2.24, 2.45) is 0 Å². The van der Waals surface area contributed by atoms with E-state index >= 15 is 0 Å². The van der Waals surface area contributed by atoms with Crippen molar-refractivity contribution in [3.8, 4) is 0 Å². The second-order valence-corrected chi connectivity index (χ2v) is 3.42. The van der Waals surface area contributed by atoms with Crippen LogP contribution < -0.4 is 10.6 Å². The van der Waals surface area contributed by atoms with Gasteiger partial charge in [0.25, 0.3) is 0 Å². The molecule has 0 aromatic carbocycles. The first kappa shape index (κ1) is 12.4. The number of carbonyl (C=O) groups is 1. The minimum atomic E-state index is -0.0481. The molecule has 16 heavy (non-hydrogen) atoms. The topological polar surface area (TPSA) is 69.8 Å². The fourth-order valence-corrected chi connectivity index (χ4v) is 1.36. The largest absolute Gasteiger partial charge is 0.347 e. The normalized spacial score (nSPS) is 12.1. The molecule has 0 saturated heterocycles. The molecule has 0 aliphatic heterocycles. The van der Waals surface area contributed by atoms with Crippen LogP contribution in [-0.2, 0) is 4.79 Å². The van der Waals surface area contributed by atoms with E-state index in [4.69, 9.17) is 0 Å². The number of hydrogen-bond acceptors (Lipinski definition) is 3. The highest BCUT2D eigenvalue weighted by atomic mass is 16.2. The van der Waals surface area contributed by atoms with Crippen LogP contribution in [0.1, 0.15) is 25.2 Å². The molecule has 1 rings (SSSR count). The van der Waals surface area contributed by atoms with E-state index in [1.54, 1.807) is 18.5 Å². The Morgan fingerprint density at radius 2 is 2.56 bits per heavy atom. The van der Waals surface area contributed by atoms with Crippen molar-refractivity contribution in [1.82, 2.24) is 20.6 Å². The summed E-state index contributed by atoms with van der Waals surface area (Å²) in [5.41, 5.74) is 0. The van der Waals surface area contributed by atoms with Crippen molar-refractivity contribution in [3.63, 3.8) is 0 Å². The zero-order valence-electron chi connectivity index (χ0n) is 9.49. The van der Waals surface area contributed by atoms with E-state index in [-0.39, 0.29) is 11.9 Å². The molecule has 1 aromatic heterocycles. The summed E-state index contributed by atoms with van der Waals surface area (Å²) in [6.07, 6.45) is 5.96. The number of imidazole rings is 1. The molecule has 5 heteroatoms. The first-order valence-electron chi connectivity index (χ1n) is 5.38. The molecular formula is C11H18N4O. The first-order chi connectivity index (χ1) is 7.77. The third-order valence-corrected chi connectivity index (χ3v) is 2.17. The van der Waals surface area contributed by atoms with Gasteiger partial charge in [-0.25, -0.2) is 4.98 Å². The van der Waals surface area contributed by atoms with Gasteiger partial charge in [0.05, 0.1) is 12.6 Å². The Morgan fingerprint density at radius 1 is 1.75 bits per heavy atom. The molecule has 1 amide bonds. The molecule has 88 valence electrons. The highest BCUT2D eigenvalue weighted by molar-refractivity contribution is 5.78. The van der Waals surface area contributed by atoms with Crippen molar-refractivity contribution < 1.29 is 4.79 Å². The molecule has 1 atom stereocenters. The fourth-order valence-electron chi connectivity index (χ4n) is 1.36. The van der Waals surface area contributed by atoms with Gasteiger partial charge in [0.1, 0.15) is 5.82 Å². The van der Waals surface area contributed by atoms with Crippen LogP contribution in [0, 0.1) is 0 Å². The van der Waals surface area contributed by atoms with Crippen LogP contribution in [0.4, 0.5) is 0 Å². The van der Waals surface area contributed by atoms with E-state index < -0.39 is 0 Å². The Kier molecular flexibility index (Phi) is 5.28. The summed E-state index contributed by atoms with van der Waals surface area (Å²) in [7, 11) is 0. The SMILES string of the molecule is C=CCNCC(=O)NC(CC)c1ncc[nH]1. The van der Waals surface area contributed by atoms with Gasteiger partial charge in [-0.1, -0.05) is 13.0 Å². The lowest BCUT2D eigenvalue weighted by atomic mass is 10.2. The first-order valence-corrected chi connectivity index (χ1v) is 5.38. The Balaban J connectivity index is 2.38. The predicted octanol–water partition coefficient (Wildman–Crippen LogP) is 0.753. The Labute approximate surface area is 95.4 Å². The zero-order valence-corrected chi connectivity index (χ0v) is 9.49. The van der Waals surface area contributed by atoms with Crippen molar-refractivity contribution in [2.45, 2.75) is 19.4 Å². The van der Waals surface area contributed by atoms with Crippen LogP contribution in [0.3, 0.4) is 0 Å². The summed E-state index contributed by atoms with van der Waals surface area (Å²) in [5, 5.41) is 5.85. The highest BCUT2D eigenvalue weighted by Crippen LogP contribution is 2.10. The molecule has 0 fully saturated rings. The van der Waals surface area contributed by atoms with Gasteiger partial charge < -0.3 is 15.6 Å². The smallest absolute Gasteiger partial charge is 0.234 e. The minimum absolute atomic E-state index is 0.0369. The summed E-state index contributed by atoms with van der Waals surface area (Å²) >= 11 is 0. The summed E-state index contributed by atoms with van der Waals surface area (Å²) < 4.78 is 0. The Hall–Kier alpha value is -1.62. The molecule has 1 aromatic rings. The van der Waals surface area contributed by atoms with Crippen LogP contribution in [0.5, 0.6) is 0 Å². The van der Waals surface area contributed by atoms with Gasteiger partial charge in [-0.2, -0.15) is 0 Å². The average Bonchev–Trinajstić information content (AvgIpc) is 2.79. The van der Waals surface area contributed by atoms with Crippen LogP contribution in [0.25, 0.3) is 0 Å². The van der Waals surface area contributed by atoms with Gasteiger partial charge in [-0.15, -0.1) is 6.58 Å². The molecule has 0 saturated carbocycles. The number of nitrogens with one attached hydrogen (secondary N) is 3. The quantitative estimate of drug-likeness (QED) is 0.471. The number of carbonyl (C=O) groups excluding carboxylic acids is 1. The summed E-state index contributed by atoms with van der Waals surface area (Å²) in [6.45, 7) is 6.50. The number of H-pyrrole nitrogens is 1. The highest BCUT2D eigenvalue weighted by Gasteiger charge is 2.13. The molecule has 0 spiro atoms. The third kappa shape index (κ3) is 3.86. The average molecular weight is 222 g/mol. The zero-order chi connectivity index (χ0) is 11.8. The maximum atomic E-state index is 11.5. The van der Waals surface area contributed by atoms with Crippen LogP contribution in [-0.4, -0.2) is 29.0 Å². The lowest BCUT2D eigenvalue weighted by molar-refractivity contribution is -0.121. The summed E-state index contributed by atoms with van der Waals surface area (Å²) in [6, 6.07) is -0.0481. The van der Waals surface area contributed by atoms with Gasteiger partial charge in [-0.05, 0) is 6.42 Å². The van der Waals surface area contributed by atoms with Crippen LogP contribution in [0.2, 0.25) is 0 Å². The van der Waals surface area contributed by atoms with Crippen molar-refractivity contribution >= 4 is 5.91 Å². The van der Waals surface area contributed by atoms with Crippen LogP contribution >= 0.6 is 0 Å². The summed E-state index contributed by atoms with van der Waals surface area (Å²) in [5.74, 6) is 0.754. The van der Waals surface area contributed by atoms with Gasteiger partial charge in [-0.3, -0.25) is 4.79 Å². The molecule has 0 radical (unpaired) electrons. The molecular weight excluding hydrogens is 204 g/mol. The van der Waals surface area contributed by atoms with Crippen molar-refractivity contribution in [3.05, 3.63) is 30.9 Å². The van der Waals surface area contributed by atoms with Gasteiger partial charge >= 0.3 is 0 Å². The number of rotatable bonds is 7. The standard InChI is InChI=1S/C11H18N4O/c1-3-5-12-8-10(16)15-9(4-2)11-13-6-7-14-11/h3,6-7,9,12H,1,4-5,8H2,2H3,(H,13,14)(H,15,16). The minimum Gasteiger partial charge on any atom is -0.347 e. The van der Waals surface area contributed by atoms with Crippen molar-refractivity contribution in [2.75, 3.05) is 13.1 Å². The second kappa shape index (κ2) is 6.79. The van der Waals surface area contributed by atoms with Crippen molar-refractivity contribution in [1.29, 1.82) is 0 Å². The lowest BCUT2D eigenvalue weighted by Crippen LogP contribution is -2.36. The van der Waals surface area contributed by atoms with E-state index in [9.17, 15) is 4.79 Å². The Bertz CT molecular complexity index is 321. The molecule has 5 nitrogen and oxygen atoms in total. The number of amides is 1. The molecule has 3 N–H and O–H groups in total. The van der Waals surface area contributed by atoms with Gasteiger partial charge in [0.2, 0.25) is 5.91 Å². The number of aromatic nitrogens is 2. The van der Waals surface area contributed by atoms with E-state index in [1.807, 2.05) is 6.92 Å². The van der Waals surface area contributed by atoms with E-state index in [2.05, 4.69) is 27.2 Å². The molecule has 1 heterocycles. The third-order valence-electron chi connectivity index (χ3n) is 2.17. The summed E-state index contributed by atoms with van der Waals surface area (Å²) in [4.78, 5) is 18.7. The number of nitrogens with zero attached hydrogens (tertiary/aromatic N) is 1. The second-order valence-electron chi connectivity index (χ2n) is 3.42. The molecule has 0 aliphatic carbocycles. The number of aromatic amines is 1. The van der Waals surface area contributed by atoms with E-state index in [1.165, 1.54) is 0 Å². The van der Waals surface area contributed by atoms with Gasteiger partial charge in [0.15, 0.2) is 0 Å². The van der Waals surface area contributed by atoms with E-state index in [0.717, 1.165) is 12.2 Å². The maximum Gasteiger partial charge on any atom is 0.234 e. The monoisotopic (exact) mass is 222 g/mol. The number of hydrogen-bond donors (Lipinski definition) is 3. The fraction of sp³-hybridized carbons (Fsp3) is 0.455.